The van der Waals surface area contributed by atoms with Crippen molar-refractivity contribution in [2.24, 2.45) is 11.8 Å². The Kier molecular flexibility index (Phi) is 5.80. The number of amides is 2. The van der Waals surface area contributed by atoms with Crippen LogP contribution in [0.15, 0.2) is 54.6 Å². The zero-order valence-electron chi connectivity index (χ0n) is 18.3. The highest BCUT2D eigenvalue weighted by molar-refractivity contribution is 5.99. The van der Waals surface area contributed by atoms with Crippen molar-refractivity contribution in [1.29, 1.82) is 0 Å². The largest absolute Gasteiger partial charge is 0.465 e. The molecule has 174 valence electrons. The Balaban J connectivity index is 1.55. The number of aliphatic hydroxyl groups is 1. The molecule has 1 N–H and O–H groups in total. The summed E-state index contributed by atoms with van der Waals surface area (Å²) in [7, 11) is 0. The summed E-state index contributed by atoms with van der Waals surface area (Å²) in [5.74, 6) is -2.64. The van der Waals surface area contributed by atoms with E-state index in [4.69, 9.17) is 9.47 Å². The molecule has 0 radical (unpaired) electrons. The lowest BCUT2D eigenvalue weighted by atomic mass is 9.77. The molecule has 1 aromatic carbocycles. The second-order valence-electron chi connectivity index (χ2n) is 8.94. The molecular formula is C25H28N2O6. The lowest BCUT2D eigenvalue weighted by molar-refractivity contribution is -0.155. The number of hydrogen-bond donors (Lipinski definition) is 1. The average Bonchev–Trinajstić information content (AvgIpc) is 3.19. The van der Waals surface area contributed by atoms with E-state index < -0.39 is 35.6 Å². The van der Waals surface area contributed by atoms with Gasteiger partial charge in [-0.1, -0.05) is 54.6 Å². The number of aliphatic hydroxyl groups excluding tert-OH is 1. The first-order valence-corrected chi connectivity index (χ1v) is 11.5. The Morgan fingerprint density at radius 3 is 2.70 bits per heavy atom. The summed E-state index contributed by atoms with van der Waals surface area (Å²) < 4.78 is 11.9. The number of ether oxygens (including phenoxy) is 2. The number of likely N-dealkylation sites (tertiary alicyclic amines) is 1. The zero-order chi connectivity index (χ0) is 23.0. The van der Waals surface area contributed by atoms with Crippen molar-refractivity contribution in [2.45, 2.75) is 37.1 Å². The molecule has 4 heterocycles. The smallest absolute Gasteiger partial charge is 0.312 e. The molecule has 4 aliphatic heterocycles. The molecule has 2 saturated heterocycles. The van der Waals surface area contributed by atoms with Crippen molar-refractivity contribution in [3.8, 4) is 0 Å². The first-order valence-electron chi connectivity index (χ1n) is 11.5. The average molecular weight is 453 g/mol. The van der Waals surface area contributed by atoms with E-state index >= 15 is 0 Å². The van der Waals surface area contributed by atoms with Crippen LogP contribution in [0.3, 0.4) is 0 Å². The number of benzene rings is 1. The van der Waals surface area contributed by atoms with Gasteiger partial charge in [-0.05, 0) is 18.4 Å². The molecule has 2 amide bonds. The zero-order valence-corrected chi connectivity index (χ0v) is 18.3. The molecular weight excluding hydrogens is 424 g/mol. The van der Waals surface area contributed by atoms with Crippen molar-refractivity contribution in [3.05, 3.63) is 60.2 Å². The maximum absolute atomic E-state index is 13.9. The van der Waals surface area contributed by atoms with Gasteiger partial charge in [-0.2, -0.15) is 0 Å². The summed E-state index contributed by atoms with van der Waals surface area (Å²) in [6.45, 7) is 1.13. The second kappa shape index (κ2) is 8.76. The van der Waals surface area contributed by atoms with Gasteiger partial charge in [0.2, 0.25) is 11.8 Å². The fraction of sp³-hybridized carbons (Fsp3) is 0.480. The minimum atomic E-state index is -1.25. The molecule has 5 atom stereocenters. The van der Waals surface area contributed by atoms with E-state index in [9.17, 15) is 19.5 Å². The second-order valence-corrected chi connectivity index (χ2v) is 8.94. The van der Waals surface area contributed by atoms with Gasteiger partial charge in [0.1, 0.15) is 17.6 Å². The number of rotatable bonds is 5. The lowest BCUT2D eigenvalue weighted by Gasteiger charge is -2.35. The van der Waals surface area contributed by atoms with Gasteiger partial charge in [0.15, 0.2) is 0 Å². The molecule has 1 aromatic rings. The molecule has 0 aromatic heterocycles. The van der Waals surface area contributed by atoms with Crippen LogP contribution < -0.4 is 0 Å². The number of fused-ring (bicyclic) bond motifs is 2. The van der Waals surface area contributed by atoms with Crippen molar-refractivity contribution >= 4 is 17.8 Å². The third-order valence-corrected chi connectivity index (χ3v) is 6.98. The van der Waals surface area contributed by atoms with Crippen LogP contribution in [0.1, 0.15) is 18.4 Å². The fourth-order valence-corrected chi connectivity index (χ4v) is 5.58. The Hall–Kier alpha value is -2.97. The van der Waals surface area contributed by atoms with E-state index in [1.807, 2.05) is 54.6 Å². The van der Waals surface area contributed by atoms with E-state index in [2.05, 4.69) is 0 Å². The molecule has 2 unspecified atom stereocenters. The number of cyclic esters (lactones) is 1. The Morgan fingerprint density at radius 1 is 1.09 bits per heavy atom. The van der Waals surface area contributed by atoms with Crippen molar-refractivity contribution in [1.82, 2.24) is 9.80 Å². The van der Waals surface area contributed by atoms with Gasteiger partial charge in [0.05, 0.1) is 18.6 Å². The fourth-order valence-electron chi connectivity index (χ4n) is 5.58. The minimum Gasteiger partial charge on any atom is -0.465 e. The highest BCUT2D eigenvalue weighted by atomic mass is 16.6. The molecule has 33 heavy (non-hydrogen) atoms. The van der Waals surface area contributed by atoms with Gasteiger partial charge < -0.3 is 24.4 Å². The first-order chi connectivity index (χ1) is 16.1. The maximum atomic E-state index is 13.9. The summed E-state index contributed by atoms with van der Waals surface area (Å²) in [6.07, 6.45) is 7.68. The minimum absolute atomic E-state index is 0.108. The molecule has 8 heteroatoms. The molecule has 8 nitrogen and oxygen atoms in total. The Bertz CT molecular complexity index is 992. The van der Waals surface area contributed by atoms with Gasteiger partial charge in [0, 0.05) is 26.2 Å². The molecule has 1 spiro atoms. The molecule has 0 bridgehead atoms. The van der Waals surface area contributed by atoms with Crippen LogP contribution in [0.5, 0.6) is 0 Å². The van der Waals surface area contributed by atoms with Crippen molar-refractivity contribution in [3.63, 3.8) is 0 Å². The predicted octanol–water partition coefficient (Wildman–Crippen LogP) is 1.05. The number of hydrogen-bond acceptors (Lipinski definition) is 6. The maximum Gasteiger partial charge on any atom is 0.312 e. The van der Waals surface area contributed by atoms with E-state index in [1.165, 1.54) is 4.90 Å². The number of carbonyl (C=O) groups is 3. The highest BCUT2D eigenvalue weighted by Crippen LogP contribution is 2.53. The van der Waals surface area contributed by atoms with Crippen LogP contribution in [0.2, 0.25) is 0 Å². The third-order valence-electron chi connectivity index (χ3n) is 6.98. The van der Waals surface area contributed by atoms with E-state index in [1.54, 1.807) is 4.90 Å². The van der Waals surface area contributed by atoms with Crippen LogP contribution in [0.4, 0.5) is 0 Å². The highest BCUT2D eigenvalue weighted by Gasteiger charge is 2.71. The first kappa shape index (κ1) is 21.9. The van der Waals surface area contributed by atoms with Crippen LogP contribution in [0.25, 0.3) is 0 Å². The number of esters is 1. The van der Waals surface area contributed by atoms with Crippen LogP contribution in [0, 0.1) is 11.8 Å². The molecule has 5 rings (SSSR count). The number of carbonyl (C=O) groups excluding carboxylic acids is 3. The summed E-state index contributed by atoms with van der Waals surface area (Å²) >= 11 is 0. The molecule has 4 aliphatic rings. The van der Waals surface area contributed by atoms with Crippen LogP contribution >= 0.6 is 0 Å². The van der Waals surface area contributed by atoms with Crippen LogP contribution in [-0.2, 0) is 30.4 Å². The molecule has 2 fully saturated rings. The molecule has 0 aliphatic carbocycles. The van der Waals surface area contributed by atoms with Gasteiger partial charge in [-0.3, -0.25) is 14.4 Å². The third kappa shape index (κ3) is 3.57. The molecule has 0 saturated carbocycles. The summed E-state index contributed by atoms with van der Waals surface area (Å²) in [5, 5.41) is 9.41. The number of nitrogens with zero attached hydrogens (tertiary/aromatic N) is 2. The lowest BCUT2D eigenvalue weighted by Crippen LogP contribution is -2.55. The van der Waals surface area contributed by atoms with Gasteiger partial charge in [0.25, 0.3) is 0 Å². The van der Waals surface area contributed by atoms with E-state index in [0.29, 0.717) is 25.9 Å². The summed E-state index contributed by atoms with van der Waals surface area (Å²) in [5.41, 5.74) is -0.267. The van der Waals surface area contributed by atoms with Crippen molar-refractivity contribution < 1.29 is 29.0 Å². The Morgan fingerprint density at radius 2 is 1.91 bits per heavy atom. The summed E-state index contributed by atoms with van der Waals surface area (Å²) in [4.78, 5) is 43.8. The summed E-state index contributed by atoms with van der Waals surface area (Å²) in [6, 6.07) is 8.78. The topological polar surface area (TPSA) is 96.4 Å². The monoisotopic (exact) mass is 452 g/mol. The Labute approximate surface area is 192 Å². The standard InChI is InChI=1S/C25H28N2O6/c28-14-7-13-27-21-23(30)26(16-17-8-2-1-3-9-17)12-6-11-25(21)20(22(27)29)19-18(33-25)10-4-5-15-32-24(19)31/h1-4,6,8-11,18-21,28H,5,7,12-16H2/t18-,19?,20+,21-,25?/m1/s1. The quantitative estimate of drug-likeness (QED) is 0.530. The SMILES string of the molecule is O=C1OCCC=C[C@H]2OC34C=CCN(Cc5ccccc5)C(=O)[C@H]3N(CCCO)C(=O)[C@@H]4C12. The van der Waals surface area contributed by atoms with E-state index in [0.717, 1.165) is 5.56 Å². The van der Waals surface area contributed by atoms with Crippen molar-refractivity contribution in [2.75, 3.05) is 26.3 Å². The normalized spacial score (nSPS) is 33.2. The van der Waals surface area contributed by atoms with Crippen LogP contribution in [-0.4, -0.2) is 76.7 Å². The van der Waals surface area contributed by atoms with Gasteiger partial charge in [-0.25, -0.2) is 0 Å². The van der Waals surface area contributed by atoms with E-state index in [-0.39, 0.29) is 31.6 Å². The predicted molar refractivity (Wildman–Crippen MR) is 118 cm³/mol. The van der Waals surface area contributed by atoms with Gasteiger partial charge in [-0.15, -0.1) is 0 Å². The van der Waals surface area contributed by atoms with Gasteiger partial charge >= 0.3 is 5.97 Å².